The van der Waals surface area contributed by atoms with E-state index in [1.807, 2.05) is 0 Å². The number of ether oxygens (including phenoxy) is 1. The molecule has 1 amide bonds. The Bertz CT molecular complexity index is 447. The second-order valence-electron chi connectivity index (χ2n) is 4.53. The van der Waals surface area contributed by atoms with Gasteiger partial charge in [-0.1, -0.05) is 0 Å². The summed E-state index contributed by atoms with van der Waals surface area (Å²) in [6.07, 6.45) is 3.52. The molecule has 3 N–H and O–H groups in total. The number of carbonyl (C=O) groups excluding carboxylic acids is 1. The number of hydrogen-bond acceptors (Lipinski definition) is 4. The molecule has 2 rings (SSSR count). The SMILES string of the molecule is CC(NC(=O)CCC1CCCO1)c1n[nH]c(=O)[nH]1. The number of carbonyl (C=O) groups is 1. The first-order valence-corrected chi connectivity index (χ1v) is 6.20. The molecule has 1 aliphatic heterocycles. The minimum Gasteiger partial charge on any atom is -0.378 e. The first-order chi connectivity index (χ1) is 8.65. The Kier molecular flexibility index (Phi) is 4.14. The molecule has 2 heterocycles. The highest BCUT2D eigenvalue weighted by Crippen LogP contribution is 2.16. The summed E-state index contributed by atoms with van der Waals surface area (Å²) in [7, 11) is 0. The van der Waals surface area contributed by atoms with E-state index in [1.54, 1.807) is 6.92 Å². The molecule has 1 fully saturated rings. The third kappa shape index (κ3) is 3.43. The number of amides is 1. The van der Waals surface area contributed by atoms with Crippen molar-refractivity contribution in [3.05, 3.63) is 16.3 Å². The van der Waals surface area contributed by atoms with Crippen LogP contribution in [0.2, 0.25) is 0 Å². The summed E-state index contributed by atoms with van der Waals surface area (Å²) in [4.78, 5) is 25.1. The van der Waals surface area contributed by atoms with E-state index in [1.165, 1.54) is 0 Å². The molecular weight excluding hydrogens is 236 g/mol. The lowest BCUT2D eigenvalue weighted by molar-refractivity contribution is -0.122. The van der Waals surface area contributed by atoms with Gasteiger partial charge in [-0.15, -0.1) is 0 Å². The first kappa shape index (κ1) is 12.8. The van der Waals surface area contributed by atoms with Gasteiger partial charge in [0.15, 0.2) is 5.82 Å². The Labute approximate surface area is 104 Å². The molecule has 0 radical (unpaired) electrons. The molecule has 18 heavy (non-hydrogen) atoms. The molecule has 1 aliphatic rings. The molecule has 0 saturated carbocycles. The summed E-state index contributed by atoms with van der Waals surface area (Å²) in [5.74, 6) is 0.382. The van der Waals surface area contributed by atoms with Crippen molar-refractivity contribution in [3.63, 3.8) is 0 Å². The number of H-pyrrole nitrogens is 2. The molecular formula is C11H18N4O3. The maximum atomic E-state index is 11.7. The fraction of sp³-hybridized carbons (Fsp3) is 0.727. The second-order valence-corrected chi connectivity index (χ2v) is 4.53. The van der Waals surface area contributed by atoms with Crippen LogP contribution in [0.5, 0.6) is 0 Å². The molecule has 1 saturated heterocycles. The Morgan fingerprint density at radius 1 is 1.67 bits per heavy atom. The highest BCUT2D eigenvalue weighted by atomic mass is 16.5. The van der Waals surface area contributed by atoms with E-state index in [4.69, 9.17) is 4.74 Å². The van der Waals surface area contributed by atoms with E-state index >= 15 is 0 Å². The van der Waals surface area contributed by atoms with Gasteiger partial charge >= 0.3 is 5.69 Å². The van der Waals surface area contributed by atoms with Gasteiger partial charge in [0.2, 0.25) is 5.91 Å². The van der Waals surface area contributed by atoms with Crippen LogP contribution >= 0.6 is 0 Å². The summed E-state index contributed by atoms with van der Waals surface area (Å²) in [6.45, 7) is 2.58. The number of rotatable bonds is 5. The molecule has 2 atom stereocenters. The van der Waals surface area contributed by atoms with Gasteiger partial charge in [-0.3, -0.25) is 9.78 Å². The van der Waals surface area contributed by atoms with Crippen molar-refractivity contribution >= 4 is 5.91 Å². The Morgan fingerprint density at radius 2 is 2.50 bits per heavy atom. The maximum Gasteiger partial charge on any atom is 0.340 e. The number of hydrogen-bond donors (Lipinski definition) is 3. The van der Waals surface area contributed by atoms with Gasteiger partial charge in [-0.25, -0.2) is 9.89 Å². The quantitative estimate of drug-likeness (QED) is 0.700. The van der Waals surface area contributed by atoms with Crippen LogP contribution in [0.25, 0.3) is 0 Å². The predicted molar refractivity (Wildman–Crippen MR) is 64.0 cm³/mol. The van der Waals surface area contributed by atoms with E-state index in [2.05, 4.69) is 20.5 Å². The van der Waals surface area contributed by atoms with Gasteiger partial charge in [0.25, 0.3) is 0 Å². The highest BCUT2D eigenvalue weighted by molar-refractivity contribution is 5.76. The topological polar surface area (TPSA) is 99.9 Å². The Hall–Kier alpha value is -1.63. The van der Waals surface area contributed by atoms with Crippen molar-refractivity contribution in [1.29, 1.82) is 0 Å². The smallest absolute Gasteiger partial charge is 0.340 e. The highest BCUT2D eigenvalue weighted by Gasteiger charge is 2.18. The zero-order valence-corrected chi connectivity index (χ0v) is 10.4. The van der Waals surface area contributed by atoms with Crippen molar-refractivity contribution < 1.29 is 9.53 Å². The summed E-state index contributed by atoms with van der Waals surface area (Å²) in [6, 6.07) is -0.305. The van der Waals surface area contributed by atoms with Crippen molar-refractivity contribution in [3.8, 4) is 0 Å². The zero-order valence-electron chi connectivity index (χ0n) is 10.4. The van der Waals surface area contributed by atoms with Crippen molar-refractivity contribution in [1.82, 2.24) is 20.5 Å². The monoisotopic (exact) mass is 254 g/mol. The molecule has 2 unspecified atom stereocenters. The van der Waals surface area contributed by atoms with Gasteiger partial charge in [0, 0.05) is 13.0 Å². The van der Waals surface area contributed by atoms with E-state index in [0.717, 1.165) is 25.9 Å². The standard InChI is InChI=1S/C11H18N4O3/c1-7(10-13-11(17)15-14-10)12-9(16)5-4-8-3-2-6-18-8/h7-8H,2-6H2,1H3,(H,12,16)(H2,13,14,15,17). The first-order valence-electron chi connectivity index (χ1n) is 6.20. The lowest BCUT2D eigenvalue weighted by atomic mass is 10.1. The minimum atomic E-state index is -0.370. The van der Waals surface area contributed by atoms with Crippen LogP contribution in [0.15, 0.2) is 4.79 Å². The number of aromatic nitrogens is 3. The number of nitrogens with one attached hydrogen (secondary N) is 3. The number of nitrogens with zero attached hydrogens (tertiary/aromatic N) is 1. The lowest BCUT2D eigenvalue weighted by Gasteiger charge is -2.12. The van der Waals surface area contributed by atoms with Crippen molar-refractivity contribution in [2.24, 2.45) is 0 Å². The molecule has 7 nitrogen and oxygen atoms in total. The summed E-state index contributed by atoms with van der Waals surface area (Å²) < 4.78 is 5.45. The van der Waals surface area contributed by atoms with Crippen molar-refractivity contribution in [2.75, 3.05) is 6.61 Å². The molecule has 0 bridgehead atoms. The molecule has 0 spiro atoms. The normalized spacial score (nSPS) is 20.8. The third-order valence-electron chi connectivity index (χ3n) is 3.02. The average molecular weight is 254 g/mol. The lowest BCUT2D eigenvalue weighted by Crippen LogP contribution is -2.28. The van der Waals surface area contributed by atoms with Gasteiger partial charge in [-0.05, 0) is 26.2 Å². The van der Waals surface area contributed by atoms with Crippen LogP contribution < -0.4 is 11.0 Å². The van der Waals surface area contributed by atoms with Gasteiger partial charge in [-0.2, -0.15) is 5.10 Å². The van der Waals surface area contributed by atoms with Gasteiger partial charge in [0.05, 0.1) is 12.1 Å². The Balaban J connectivity index is 1.74. The molecule has 1 aromatic heterocycles. The van der Waals surface area contributed by atoms with Crippen LogP contribution in [0.1, 0.15) is 44.5 Å². The molecule has 0 aromatic carbocycles. The van der Waals surface area contributed by atoms with E-state index < -0.39 is 0 Å². The predicted octanol–water partition coefficient (Wildman–Crippen LogP) is 0.234. The zero-order chi connectivity index (χ0) is 13.0. The van der Waals surface area contributed by atoms with E-state index in [9.17, 15) is 9.59 Å². The van der Waals surface area contributed by atoms with Crippen LogP contribution in [-0.4, -0.2) is 33.8 Å². The third-order valence-corrected chi connectivity index (χ3v) is 3.02. The van der Waals surface area contributed by atoms with E-state index in [-0.39, 0.29) is 23.7 Å². The second kappa shape index (κ2) is 5.81. The van der Waals surface area contributed by atoms with Gasteiger partial charge in [0.1, 0.15) is 0 Å². The average Bonchev–Trinajstić information content (AvgIpc) is 2.97. The molecule has 7 heteroatoms. The summed E-state index contributed by atoms with van der Waals surface area (Å²) in [5, 5.41) is 8.83. The van der Waals surface area contributed by atoms with Crippen LogP contribution in [0, 0.1) is 0 Å². The molecule has 0 aliphatic carbocycles. The summed E-state index contributed by atoms with van der Waals surface area (Å²) in [5.41, 5.74) is -0.370. The van der Waals surface area contributed by atoms with E-state index in [0.29, 0.717) is 12.2 Å². The largest absolute Gasteiger partial charge is 0.378 e. The van der Waals surface area contributed by atoms with Crippen LogP contribution in [0.4, 0.5) is 0 Å². The Morgan fingerprint density at radius 3 is 3.11 bits per heavy atom. The summed E-state index contributed by atoms with van der Waals surface area (Å²) >= 11 is 0. The fourth-order valence-corrected chi connectivity index (χ4v) is 2.03. The number of aromatic amines is 2. The van der Waals surface area contributed by atoms with Crippen LogP contribution in [0.3, 0.4) is 0 Å². The fourth-order valence-electron chi connectivity index (χ4n) is 2.03. The van der Waals surface area contributed by atoms with Crippen LogP contribution in [-0.2, 0) is 9.53 Å². The molecule has 100 valence electrons. The molecule has 1 aromatic rings. The van der Waals surface area contributed by atoms with Gasteiger partial charge < -0.3 is 10.1 Å². The minimum absolute atomic E-state index is 0.0538. The van der Waals surface area contributed by atoms with Crippen molar-refractivity contribution in [2.45, 2.75) is 44.8 Å². The maximum absolute atomic E-state index is 11.7.